The summed E-state index contributed by atoms with van der Waals surface area (Å²) in [6, 6.07) is 3.21. The third-order valence-electron chi connectivity index (χ3n) is 5.64. The lowest BCUT2D eigenvalue weighted by molar-refractivity contribution is -0.200. The van der Waals surface area contributed by atoms with Crippen molar-refractivity contribution in [2.75, 3.05) is 25.9 Å². The van der Waals surface area contributed by atoms with Crippen molar-refractivity contribution in [1.29, 1.82) is 0 Å². The highest BCUT2D eigenvalue weighted by Crippen LogP contribution is 2.34. The van der Waals surface area contributed by atoms with Gasteiger partial charge in [-0.1, -0.05) is 6.07 Å². The van der Waals surface area contributed by atoms with Crippen LogP contribution >= 0.6 is 0 Å². The average molecular weight is 441 g/mol. The second-order valence-electron chi connectivity index (χ2n) is 7.82. The van der Waals surface area contributed by atoms with E-state index in [1.54, 1.807) is 7.05 Å². The van der Waals surface area contributed by atoms with Gasteiger partial charge in [0, 0.05) is 30.9 Å². The minimum absolute atomic E-state index is 0.0300. The molecule has 1 heterocycles. The predicted molar refractivity (Wildman–Crippen MR) is 98.5 cm³/mol. The first kappa shape index (κ1) is 24.1. The lowest BCUT2D eigenvalue weighted by Gasteiger charge is -2.45. The van der Waals surface area contributed by atoms with E-state index in [0.29, 0.717) is 18.4 Å². The number of anilines is 1. The van der Waals surface area contributed by atoms with Crippen molar-refractivity contribution in [3.05, 3.63) is 29.3 Å². The number of carbonyl (C=O) groups is 1. The lowest BCUT2D eigenvalue weighted by atomic mass is 9.87. The number of nitrogens with two attached hydrogens (primary N) is 1. The molecule has 2 N–H and O–H groups in total. The quantitative estimate of drug-likeness (QED) is 0.546. The van der Waals surface area contributed by atoms with Gasteiger partial charge in [0.15, 0.2) is 6.10 Å². The first-order valence-corrected chi connectivity index (χ1v) is 9.32. The highest BCUT2D eigenvalue weighted by molar-refractivity contribution is 5.68. The van der Waals surface area contributed by atoms with Crippen molar-refractivity contribution in [3.8, 4) is 0 Å². The number of nitrogen functional groups attached to an aromatic ring is 1. The molecule has 1 saturated heterocycles. The zero-order valence-corrected chi connectivity index (χ0v) is 16.9. The maximum Gasteiger partial charge on any atom is 0.425 e. The fraction of sp³-hybridized carbons (Fsp3) is 0.632. The van der Waals surface area contributed by atoms with Crippen molar-refractivity contribution in [2.24, 2.45) is 0 Å². The molecule has 0 aliphatic carbocycles. The zero-order valence-electron chi connectivity index (χ0n) is 16.9. The maximum atomic E-state index is 12.8. The van der Waals surface area contributed by atoms with Crippen LogP contribution < -0.4 is 5.73 Å². The molecular weight excluding hydrogens is 416 g/mol. The molecule has 170 valence electrons. The highest BCUT2D eigenvalue weighted by Gasteiger charge is 2.41. The molecule has 0 bridgehead atoms. The standard InChI is InChI=1S/C19H25F6N3O2/c1-12(18(20,21)22)30-16(29)28-8-6-17(2,7-9-28)27(3)11-13-4-5-14(10-15(13)26)19(23,24)25/h4-5,10,12H,6-9,11,26H2,1-3H3. The Balaban J connectivity index is 1.97. The number of likely N-dealkylation sites (tertiary alicyclic amines) is 1. The molecule has 30 heavy (non-hydrogen) atoms. The van der Waals surface area contributed by atoms with E-state index in [1.807, 2.05) is 11.8 Å². The number of halogens is 6. The largest absolute Gasteiger partial charge is 0.437 e. The maximum absolute atomic E-state index is 12.8. The minimum Gasteiger partial charge on any atom is -0.437 e. The van der Waals surface area contributed by atoms with Crippen molar-refractivity contribution >= 4 is 11.8 Å². The smallest absolute Gasteiger partial charge is 0.425 e. The highest BCUT2D eigenvalue weighted by atomic mass is 19.4. The Morgan fingerprint density at radius 1 is 1.23 bits per heavy atom. The summed E-state index contributed by atoms with van der Waals surface area (Å²) in [5, 5.41) is 0. The van der Waals surface area contributed by atoms with Crippen molar-refractivity contribution in [2.45, 2.75) is 57.2 Å². The van der Waals surface area contributed by atoms with Gasteiger partial charge in [-0.05, 0) is 51.4 Å². The molecule has 1 amide bonds. The Morgan fingerprint density at radius 3 is 2.27 bits per heavy atom. The summed E-state index contributed by atoms with van der Waals surface area (Å²) in [5.74, 6) is 0. The molecule has 0 saturated carbocycles. The van der Waals surface area contributed by atoms with Crippen molar-refractivity contribution in [1.82, 2.24) is 9.80 Å². The molecule has 1 atom stereocenters. The molecule has 5 nitrogen and oxygen atoms in total. The van der Waals surface area contributed by atoms with Crippen LogP contribution in [0.25, 0.3) is 0 Å². The first-order valence-electron chi connectivity index (χ1n) is 9.32. The Kier molecular flexibility index (Phi) is 6.85. The van der Waals surface area contributed by atoms with Gasteiger partial charge in [0.2, 0.25) is 0 Å². The normalized spacial score (nSPS) is 18.4. The number of hydrogen-bond acceptors (Lipinski definition) is 4. The SMILES string of the molecule is CC(OC(=O)N1CCC(C)(N(C)Cc2ccc(C(F)(F)F)cc2N)CC1)C(F)(F)F. The molecule has 0 aromatic heterocycles. The van der Waals surface area contributed by atoms with E-state index in [2.05, 4.69) is 4.74 Å². The van der Waals surface area contributed by atoms with E-state index in [9.17, 15) is 31.1 Å². The van der Waals surface area contributed by atoms with E-state index >= 15 is 0 Å². The summed E-state index contributed by atoms with van der Waals surface area (Å²) >= 11 is 0. The second kappa shape index (κ2) is 8.52. The van der Waals surface area contributed by atoms with E-state index in [4.69, 9.17) is 5.73 Å². The van der Waals surface area contributed by atoms with Crippen LogP contribution in [0.15, 0.2) is 18.2 Å². The Labute approximate surface area is 170 Å². The number of amides is 1. The molecule has 1 aliphatic rings. The second-order valence-corrected chi connectivity index (χ2v) is 7.82. The van der Waals surface area contributed by atoms with Gasteiger partial charge in [0.05, 0.1) is 5.56 Å². The summed E-state index contributed by atoms with van der Waals surface area (Å²) in [7, 11) is 1.79. The monoisotopic (exact) mass is 441 g/mol. The van der Waals surface area contributed by atoms with Crippen LogP contribution in [0.4, 0.5) is 36.8 Å². The molecule has 0 spiro atoms. The summed E-state index contributed by atoms with van der Waals surface area (Å²) in [6.45, 7) is 3.39. The van der Waals surface area contributed by atoms with E-state index in [-0.39, 0.29) is 25.3 Å². The van der Waals surface area contributed by atoms with Gasteiger partial charge in [0.25, 0.3) is 0 Å². The van der Waals surface area contributed by atoms with E-state index in [1.165, 1.54) is 11.0 Å². The van der Waals surface area contributed by atoms with E-state index in [0.717, 1.165) is 19.1 Å². The molecular formula is C19H25F6N3O2. The van der Waals surface area contributed by atoms with Gasteiger partial charge in [-0.2, -0.15) is 26.3 Å². The van der Waals surface area contributed by atoms with Crippen LogP contribution in [0.1, 0.15) is 37.8 Å². The van der Waals surface area contributed by atoms with Crippen LogP contribution in [0.3, 0.4) is 0 Å². The average Bonchev–Trinajstić information content (AvgIpc) is 2.62. The zero-order chi connectivity index (χ0) is 22.9. The van der Waals surface area contributed by atoms with Gasteiger partial charge in [-0.25, -0.2) is 4.79 Å². The van der Waals surface area contributed by atoms with Crippen LogP contribution in [0.2, 0.25) is 0 Å². The number of benzene rings is 1. The number of piperidine rings is 1. The van der Waals surface area contributed by atoms with Crippen LogP contribution in [-0.4, -0.2) is 53.8 Å². The van der Waals surface area contributed by atoms with Crippen molar-refractivity contribution < 1.29 is 35.9 Å². The van der Waals surface area contributed by atoms with Gasteiger partial charge < -0.3 is 15.4 Å². The Morgan fingerprint density at radius 2 is 1.80 bits per heavy atom. The summed E-state index contributed by atoms with van der Waals surface area (Å²) in [5.41, 5.74) is 5.12. The molecule has 11 heteroatoms. The van der Waals surface area contributed by atoms with Gasteiger partial charge in [0.1, 0.15) is 0 Å². The Hall–Kier alpha value is -2.17. The minimum atomic E-state index is -4.62. The van der Waals surface area contributed by atoms with Crippen LogP contribution in [0.5, 0.6) is 0 Å². The number of rotatable bonds is 4. The third-order valence-corrected chi connectivity index (χ3v) is 5.64. The third kappa shape index (κ3) is 5.71. The number of ether oxygens (including phenoxy) is 1. The fourth-order valence-electron chi connectivity index (χ4n) is 3.21. The molecule has 1 aromatic rings. The summed E-state index contributed by atoms with van der Waals surface area (Å²) < 4.78 is 80.5. The fourth-order valence-corrected chi connectivity index (χ4v) is 3.21. The number of alkyl halides is 6. The molecule has 1 aliphatic heterocycles. The summed E-state index contributed by atoms with van der Waals surface area (Å²) in [4.78, 5) is 15.1. The molecule has 2 rings (SSSR count). The Bertz CT molecular complexity index is 758. The lowest BCUT2D eigenvalue weighted by Crippen LogP contribution is -2.53. The first-order chi connectivity index (χ1) is 13.6. The molecule has 1 fully saturated rings. The number of hydrogen-bond donors (Lipinski definition) is 1. The van der Waals surface area contributed by atoms with Crippen LogP contribution in [-0.2, 0) is 17.5 Å². The van der Waals surface area contributed by atoms with Crippen molar-refractivity contribution in [3.63, 3.8) is 0 Å². The van der Waals surface area contributed by atoms with Crippen LogP contribution in [0, 0.1) is 0 Å². The topological polar surface area (TPSA) is 58.8 Å². The van der Waals surface area contributed by atoms with Gasteiger partial charge in [-0.15, -0.1) is 0 Å². The predicted octanol–water partition coefficient (Wildman–Crippen LogP) is 4.66. The molecule has 1 aromatic carbocycles. The summed E-state index contributed by atoms with van der Waals surface area (Å²) in [6.07, 6.45) is -11.4. The number of carbonyl (C=O) groups excluding carboxylic acids is 1. The van der Waals surface area contributed by atoms with Gasteiger partial charge >= 0.3 is 18.4 Å². The molecule has 0 radical (unpaired) electrons. The molecule has 1 unspecified atom stereocenters. The van der Waals surface area contributed by atoms with Gasteiger partial charge in [-0.3, -0.25) is 4.90 Å². The number of nitrogens with zero attached hydrogens (tertiary/aromatic N) is 2. The van der Waals surface area contributed by atoms with E-state index < -0.39 is 35.7 Å².